The summed E-state index contributed by atoms with van der Waals surface area (Å²) in [5.74, 6) is 0.158. The number of β-amino-alcohol motifs (C(OH)–C–C–N with tert-alkyl or cyclic N) is 1. The van der Waals surface area contributed by atoms with E-state index in [2.05, 4.69) is 10.1 Å². The van der Waals surface area contributed by atoms with Gasteiger partial charge in [0.2, 0.25) is 5.89 Å². The molecule has 4 rings (SSSR count). The van der Waals surface area contributed by atoms with Crippen molar-refractivity contribution < 1.29 is 23.2 Å². The van der Waals surface area contributed by atoms with Gasteiger partial charge in [-0.05, 0) is 19.1 Å². The highest BCUT2D eigenvalue weighted by molar-refractivity contribution is 5.92. The summed E-state index contributed by atoms with van der Waals surface area (Å²) >= 11 is 0. The molecule has 2 atom stereocenters. The number of aromatic nitrogens is 2. The van der Waals surface area contributed by atoms with Gasteiger partial charge in [-0.25, -0.2) is 9.37 Å². The van der Waals surface area contributed by atoms with Crippen LogP contribution in [0.15, 0.2) is 45.5 Å². The highest BCUT2D eigenvalue weighted by Gasteiger charge is 2.38. The van der Waals surface area contributed by atoms with Crippen LogP contribution >= 0.6 is 0 Å². The number of benzene rings is 1. The van der Waals surface area contributed by atoms with Crippen molar-refractivity contribution in [2.24, 2.45) is 0 Å². The van der Waals surface area contributed by atoms with Crippen LogP contribution in [-0.4, -0.2) is 44.7 Å². The van der Waals surface area contributed by atoms with Gasteiger partial charge in [-0.15, -0.1) is 0 Å². The summed E-state index contributed by atoms with van der Waals surface area (Å²) in [6.45, 7) is 2.07. The van der Waals surface area contributed by atoms with Crippen LogP contribution in [0.1, 0.15) is 29.1 Å². The third-order valence-corrected chi connectivity index (χ3v) is 4.47. The van der Waals surface area contributed by atoms with Crippen molar-refractivity contribution in [3.05, 3.63) is 59.8 Å². The van der Waals surface area contributed by atoms with E-state index in [-0.39, 0.29) is 29.9 Å². The molecule has 3 heterocycles. The van der Waals surface area contributed by atoms with E-state index < -0.39 is 6.10 Å². The Balaban J connectivity index is 1.46. The third kappa shape index (κ3) is 2.99. The van der Waals surface area contributed by atoms with E-state index in [0.29, 0.717) is 29.5 Å². The van der Waals surface area contributed by atoms with E-state index in [1.807, 2.05) is 0 Å². The Morgan fingerprint density at radius 3 is 3.00 bits per heavy atom. The fraction of sp³-hybridized carbons (Fsp3) is 0.278. The molecule has 134 valence electrons. The largest absolute Gasteiger partial charge is 0.448 e. The third-order valence-electron chi connectivity index (χ3n) is 4.47. The quantitative estimate of drug-likeness (QED) is 0.770. The number of rotatable bonds is 4. The van der Waals surface area contributed by atoms with Gasteiger partial charge in [0.25, 0.3) is 5.91 Å². The van der Waals surface area contributed by atoms with Crippen LogP contribution in [0.5, 0.6) is 0 Å². The van der Waals surface area contributed by atoms with E-state index >= 15 is 0 Å². The van der Waals surface area contributed by atoms with E-state index in [1.54, 1.807) is 25.1 Å². The van der Waals surface area contributed by atoms with Gasteiger partial charge in [-0.1, -0.05) is 17.3 Å². The number of carbonyl (C=O) groups is 1. The second kappa shape index (κ2) is 6.38. The summed E-state index contributed by atoms with van der Waals surface area (Å²) in [7, 11) is 0. The highest BCUT2D eigenvalue weighted by Crippen LogP contribution is 2.23. The monoisotopic (exact) mass is 357 g/mol. The molecule has 0 unspecified atom stereocenters. The number of oxazole rings is 1. The van der Waals surface area contributed by atoms with Crippen molar-refractivity contribution in [2.75, 3.05) is 6.54 Å². The first-order valence-corrected chi connectivity index (χ1v) is 8.16. The van der Waals surface area contributed by atoms with Gasteiger partial charge in [-0.3, -0.25) is 4.79 Å². The minimum Gasteiger partial charge on any atom is -0.448 e. The van der Waals surface area contributed by atoms with Crippen LogP contribution in [0.25, 0.3) is 11.3 Å². The fourth-order valence-corrected chi connectivity index (χ4v) is 2.82. The summed E-state index contributed by atoms with van der Waals surface area (Å²) < 4.78 is 23.9. The predicted octanol–water partition coefficient (Wildman–Crippen LogP) is 2.26. The predicted molar refractivity (Wildman–Crippen MR) is 87.7 cm³/mol. The number of halogens is 1. The second-order valence-corrected chi connectivity index (χ2v) is 6.26. The first-order valence-electron chi connectivity index (χ1n) is 8.16. The minimum atomic E-state index is -0.499. The lowest BCUT2D eigenvalue weighted by atomic mass is 10.0. The molecule has 1 aliphatic rings. The molecule has 0 saturated carbocycles. The van der Waals surface area contributed by atoms with E-state index in [0.717, 1.165) is 0 Å². The minimum absolute atomic E-state index is 0.184. The van der Waals surface area contributed by atoms with Crippen molar-refractivity contribution >= 4 is 5.91 Å². The highest BCUT2D eigenvalue weighted by atomic mass is 19.1. The molecule has 0 spiro atoms. The SMILES string of the molecule is C[C@H]1[C@@H](O)CN1C(=O)c1coc(Cc2cc(-c3cccc(F)c3)no2)n1. The van der Waals surface area contributed by atoms with Crippen LogP contribution in [0.2, 0.25) is 0 Å². The second-order valence-electron chi connectivity index (χ2n) is 6.26. The Morgan fingerprint density at radius 1 is 1.42 bits per heavy atom. The van der Waals surface area contributed by atoms with Gasteiger partial charge < -0.3 is 18.9 Å². The normalized spacial score (nSPS) is 19.4. The number of hydrogen-bond acceptors (Lipinski definition) is 6. The molecule has 1 N–H and O–H groups in total. The van der Waals surface area contributed by atoms with Crippen LogP contribution in [0, 0.1) is 5.82 Å². The topological polar surface area (TPSA) is 92.6 Å². The van der Waals surface area contributed by atoms with Crippen molar-refractivity contribution in [3.63, 3.8) is 0 Å². The molecule has 26 heavy (non-hydrogen) atoms. The lowest BCUT2D eigenvalue weighted by Gasteiger charge is -2.42. The van der Waals surface area contributed by atoms with Gasteiger partial charge in [0.15, 0.2) is 5.69 Å². The van der Waals surface area contributed by atoms with Crippen LogP contribution in [0.3, 0.4) is 0 Å². The molecule has 1 amide bonds. The van der Waals surface area contributed by atoms with E-state index in [9.17, 15) is 14.3 Å². The Hall–Kier alpha value is -3.00. The number of aliphatic hydroxyl groups is 1. The standard InChI is InChI=1S/C18H16FN3O4/c1-10-16(23)8-22(10)18(24)15-9-25-17(20-15)7-13-6-14(21-26-13)11-3-2-4-12(19)5-11/h2-6,9-10,16,23H,7-8H2,1H3/t10-,16-/m0/s1. The number of hydrogen-bond donors (Lipinski definition) is 1. The van der Waals surface area contributed by atoms with Gasteiger partial charge in [0.05, 0.1) is 18.6 Å². The van der Waals surface area contributed by atoms with Crippen LogP contribution in [0.4, 0.5) is 4.39 Å². The van der Waals surface area contributed by atoms with Crippen molar-refractivity contribution in [2.45, 2.75) is 25.5 Å². The number of aliphatic hydroxyl groups excluding tert-OH is 1. The molecule has 1 aromatic carbocycles. The summed E-state index contributed by atoms with van der Waals surface area (Å²) in [5, 5.41) is 13.4. The molecule has 0 aliphatic carbocycles. The molecule has 1 fully saturated rings. The smallest absolute Gasteiger partial charge is 0.276 e. The van der Waals surface area contributed by atoms with Crippen molar-refractivity contribution in [1.29, 1.82) is 0 Å². The Kier molecular flexibility index (Phi) is 4.04. The molecular weight excluding hydrogens is 341 g/mol. The maximum atomic E-state index is 13.3. The maximum absolute atomic E-state index is 13.3. The summed E-state index contributed by atoms with van der Waals surface area (Å²) in [6.07, 6.45) is 1.01. The molecule has 7 nitrogen and oxygen atoms in total. The number of amides is 1. The summed E-state index contributed by atoms with van der Waals surface area (Å²) in [6, 6.07) is 7.49. The van der Waals surface area contributed by atoms with E-state index in [4.69, 9.17) is 8.94 Å². The maximum Gasteiger partial charge on any atom is 0.276 e. The zero-order valence-corrected chi connectivity index (χ0v) is 13.9. The molecule has 0 radical (unpaired) electrons. The zero-order valence-electron chi connectivity index (χ0n) is 13.9. The first-order chi connectivity index (χ1) is 12.5. The Bertz CT molecular complexity index is 951. The molecule has 3 aromatic rings. The van der Waals surface area contributed by atoms with E-state index in [1.165, 1.54) is 23.3 Å². The van der Waals surface area contributed by atoms with Gasteiger partial charge in [0.1, 0.15) is 23.5 Å². The van der Waals surface area contributed by atoms with Crippen molar-refractivity contribution in [1.82, 2.24) is 15.0 Å². The molecule has 2 aromatic heterocycles. The summed E-state index contributed by atoms with van der Waals surface area (Å²) in [5.41, 5.74) is 1.29. The van der Waals surface area contributed by atoms with Gasteiger partial charge in [-0.2, -0.15) is 0 Å². The number of carbonyl (C=O) groups excluding carboxylic acids is 1. The van der Waals surface area contributed by atoms with Gasteiger partial charge in [0, 0.05) is 18.2 Å². The van der Waals surface area contributed by atoms with Crippen LogP contribution in [-0.2, 0) is 6.42 Å². The molecular formula is C18H16FN3O4. The summed E-state index contributed by atoms with van der Waals surface area (Å²) in [4.78, 5) is 18.0. The molecule has 8 heteroatoms. The lowest BCUT2D eigenvalue weighted by molar-refractivity contribution is -0.0360. The Morgan fingerprint density at radius 2 is 2.27 bits per heavy atom. The lowest BCUT2D eigenvalue weighted by Crippen LogP contribution is -2.60. The number of likely N-dealkylation sites (tertiary alicyclic amines) is 1. The average Bonchev–Trinajstić information content (AvgIpc) is 3.29. The molecule has 1 saturated heterocycles. The van der Waals surface area contributed by atoms with Crippen molar-refractivity contribution in [3.8, 4) is 11.3 Å². The molecule has 0 bridgehead atoms. The Labute approximate surface area is 148 Å². The number of nitrogens with zero attached hydrogens (tertiary/aromatic N) is 3. The first kappa shape index (κ1) is 16.5. The average molecular weight is 357 g/mol. The van der Waals surface area contributed by atoms with Crippen LogP contribution < -0.4 is 0 Å². The van der Waals surface area contributed by atoms with Gasteiger partial charge >= 0.3 is 0 Å². The molecule has 1 aliphatic heterocycles. The zero-order chi connectivity index (χ0) is 18.3. The fourth-order valence-electron chi connectivity index (χ4n) is 2.82.